The van der Waals surface area contributed by atoms with Crippen molar-refractivity contribution in [1.29, 1.82) is 0 Å². The molecule has 1 saturated carbocycles. The van der Waals surface area contributed by atoms with Gasteiger partial charge in [-0.3, -0.25) is 0 Å². The first kappa shape index (κ1) is 8.54. The van der Waals surface area contributed by atoms with E-state index in [0.29, 0.717) is 0 Å². The summed E-state index contributed by atoms with van der Waals surface area (Å²) in [6, 6.07) is 1.93. The molecule has 1 atom stereocenters. The molecule has 13 heavy (non-hydrogen) atoms. The van der Waals surface area contributed by atoms with Gasteiger partial charge in [0, 0.05) is 5.41 Å². The Labute approximate surface area is 77.9 Å². The van der Waals surface area contributed by atoms with Crippen LogP contribution in [-0.4, -0.2) is 6.29 Å². The summed E-state index contributed by atoms with van der Waals surface area (Å²) < 4.78 is 4.98. The van der Waals surface area contributed by atoms with E-state index in [-0.39, 0.29) is 10.8 Å². The van der Waals surface area contributed by atoms with Crippen molar-refractivity contribution in [2.45, 2.75) is 26.7 Å². The Morgan fingerprint density at radius 2 is 2.31 bits per heavy atom. The van der Waals surface area contributed by atoms with Gasteiger partial charge in [0.2, 0.25) is 0 Å². The molecule has 2 rings (SSSR count). The lowest BCUT2D eigenvalue weighted by Crippen LogP contribution is -2.13. The van der Waals surface area contributed by atoms with Crippen LogP contribution in [0.25, 0.3) is 0 Å². The minimum absolute atomic E-state index is 0.128. The quantitative estimate of drug-likeness (QED) is 0.665. The van der Waals surface area contributed by atoms with E-state index in [1.165, 1.54) is 0 Å². The minimum atomic E-state index is -0.128. The van der Waals surface area contributed by atoms with Crippen molar-refractivity contribution in [2.24, 2.45) is 10.8 Å². The molecule has 70 valence electrons. The fourth-order valence-electron chi connectivity index (χ4n) is 2.05. The van der Waals surface area contributed by atoms with E-state index in [1.807, 2.05) is 6.07 Å². The van der Waals surface area contributed by atoms with E-state index in [4.69, 9.17) is 4.42 Å². The summed E-state index contributed by atoms with van der Waals surface area (Å²) in [5.41, 5.74) is 1.17. The van der Waals surface area contributed by atoms with Gasteiger partial charge in [-0.25, -0.2) is 0 Å². The molecule has 0 N–H and O–H groups in total. The molecule has 0 saturated heterocycles. The summed E-state index contributed by atoms with van der Waals surface area (Å²) in [7, 11) is 0. The number of rotatable bonds is 3. The van der Waals surface area contributed by atoms with Crippen LogP contribution in [0, 0.1) is 10.8 Å². The van der Waals surface area contributed by atoms with E-state index >= 15 is 0 Å². The summed E-state index contributed by atoms with van der Waals surface area (Å²) in [5, 5.41) is 0. The number of hydrogen-bond donors (Lipinski definition) is 0. The van der Waals surface area contributed by atoms with Crippen LogP contribution in [0.1, 0.15) is 25.8 Å². The lowest BCUT2D eigenvalue weighted by molar-refractivity contribution is -0.113. The van der Waals surface area contributed by atoms with Crippen molar-refractivity contribution in [3.8, 4) is 0 Å². The highest BCUT2D eigenvalue weighted by Crippen LogP contribution is 2.63. The van der Waals surface area contributed by atoms with Gasteiger partial charge in [-0.2, -0.15) is 0 Å². The molecule has 0 amide bonds. The van der Waals surface area contributed by atoms with E-state index < -0.39 is 0 Å². The van der Waals surface area contributed by atoms with Crippen molar-refractivity contribution in [2.75, 3.05) is 0 Å². The fraction of sp³-hybridized carbons (Fsp3) is 0.545. The van der Waals surface area contributed by atoms with Gasteiger partial charge in [0.05, 0.1) is 12.5 Å². The van der Waals surface area contributed by atoms with Crippen LogP contribution in [0.3, 0.4) is 0 Å². The van der Waals surface area contributed by atoms with Crippen LogP contribution in [-0.2, 0) is 11.2 Å². The maximum atomic E-state index is 11.0. The summed E-state index contributed by atoms with van der Waals surface area (Å²) in [6.45, 7) is 4.28. The third kappa shape index (κ3) is 1.21. The molecule has 2 heteroatoms. The van der Waals surface area contributed by atoms with Crippen LogP contribution in [0.2, 0.25) is 0 Å². The number of furan rings is 1. The summed E-state index contributed by atoms with van der Waals surface area (Å²) >= 11 is 0. The molecular weight excluding hydrogens is 164 g/mol. The van der Waals surface area contributed by atoms with Gasteiger partial charge in [-0.1, -0.05) is 13.8 Å². The Hall–Kier alpha value is -1.05. The fourth-order valence-corrected chi connectivity index (χ4v) is 2.05. The predicted octanol–water partition coefficient (Wildman–Crippen LogP) is 2.44. The highest BCUT2D eigenvalue weighted by molar-refractivity contribution is 5.67. The molecule has 0 bridgehead atoms. The maximum absolute atomic E-state index is 11.0. The molecule has 0 aliphatic heterocycles. The second-order valence-electron chi connectivity index (χ2n) is 4.64. The molecule has 0 aromatic carbocycles. The molecule has 1 aromatic rings. The Kier molecular flexibility index (Phi) is 1.62. The Morgan fingerprint density at radius 1 is 1.62 bits per heavy atom. The smallest absolute Gasteiger partial charge is 0.127 e. The largest absolute Gasteiger partial charge is 0.472 e. The second kappa shape index (κ2) is 2.47. The zero-order valence-electron chi connectivity index (χ0n) is 8.04. The molecule has 1 aliphatic carbocycles. The second-order valence-corrected chi connectivity index (χ2v) is 4.64. The molecule has 1 unspecified atom stereocenters. The van der Waals surface area contributed by atoms with Crippen LogP contribution in [0.5, 0.6) is 0 Å². The zero-order valence-corrected chi connectivity index (χ0v) is 8.04. The van der Waals surface area contributed by atoms with Crippen LogP contribution >= 0.6 is 0 Å². The third-order valence-corrected chi connectivity index (χ3v) is 3.31. The van der Waals surface area contributed by atoms with Gasteiger partial charge >= 0.3 is 0 Å². The summed E-state index contributed by atoms with van der Waals surface area (Å²) in [5.74, 6) is 0. The van der Waals surface area contributed by atoms with Crippen molar-refractivity contribution >= 4 is 6.29 Å². The molecule has 0 radical (unpaired) electrons. The Morgan fingerprint density at radius 3 is 2.69 bits per heavy atom. The van der Waals surface area contributed by atoms with Crippen molar-refractivity contribution in [3.63, 3.8) is 0 Å². The molecule has 1 fully saturated rings. The lowest BCUT2D eigenvalue weighted by atomic mass is 9.91. The molecular formula is C11H14O2. The Balaban J connectivity index is 2.14. The number of carbonyl (C=O) groups is 1. The predicted molar refractivity (Wildman–Crippen MR) is 49.3 cm³/mol. The van der Waals surface area contributed by atoms with Crippen molar-refractivity contribution < 1.29 is 9.21 Å². The van der Waals surface area contributed by atoms with Crippen LogP contribution < -0.4 is 0 Å². The normalized spacial score (nSPS) is 30.0. The molecule has 2 nitrogen and oxygen atoms in total. The monoisotopic (exact) mass is 178 g/mol. The van der Waals surface area contributed by atoms with E-state index in [9.17, 15) is 4.79 Å². The van der Waals surface area contributed by atoms with Gasteiger partial charge in [0.25, 0.3) is 0 Å². The van der Waals surface area contributed by atoms with Crippen LogP contribution in [0.15, 0.2) is 23.0 Å². The third-order valence-electron chi connectivity index (χ3n) is 3.31. The first-order valence-corrected chi connectivity index (χ1v) is 4.57. The Bertz CT molecular complexity index is 311. The maximum Gasteiger partial charge on any atom is 0.127 e. The average molecular weight is 178 g/mol. The van der Waals surface area contributed by atoms with Crippen molar-refractivity contribution in [3.05, 3.63) is 24.2 Å². The number of hydrogen-bond acceptors (Lipinski definition) is 2. The highest BCUT2D eigenvalue weighted by atomic mass is 16.3. The number of carbonyl (C=O) groups excluding carboxylic acids is 1. The first-order valence-electron chi connectivity index (χ1n) is 4.57. The van der Waals surface area contributed by atoms with Gasteiger partial charge < -0.3 is 9.21 Å². The number of aldehydes is 1. The van der Waals surface area contributed by atoms with E-state index in [2.05, 4.69) is 13.8 Å². The summed E-state index contributed by atoms with van der Waals surface area (Å²) in [6.07, 6.45) is 6.30. The lowest BCUT2D eigenvalue weighted by Gasteiger charge is -2.11. The molecule has 1 aromatic heterocycles. The van der Waals surface area contributed by atoms with Gasteiger partial charge in [0.15, 0.2) is 0 Å². The van der Waals surface area contributed by atoms with E-state index in [0.717, 1.165) is 24.7 Å². The first-order chi connectivity index (χ1) is 6.10. The topological polar surface area (TPSA) is 30.2 Å². The van der Waals surface area contributed by atoms with Gasteiger partial charge in [0.1, 0.15) is 6.29 Å². The molecule has 0 spiro atoms. The van der Waals surface area contributed by atoms with E-state index in [1.54, 1.807) is 12.5 Å². The van der Waals surface area contributed by atoms with Crippen LogP contribution in [0.4, 0.5) is 0 Å². The summed E-state index contributed by atoms with van der Waals surface area (Å²) in [4.78, 5) is 11.0. The molecule has 1 heterocycles. The van der Waals surface area contributed by atoms with Gasteiger partial charge in [-0.15, -0.1) is 0 Å². The van der Waals surface area contributed by atoms with Crippen molar-refractivity contribution in [1.82, 2.24) is 0 Å². The zero-order chi connectivity index (χ0) is 9.53. The standard InChI is InChI=1S/C11H14O2/c1-10(2)7-11(10,8-12)5-9-3-4-13-6-9/h3-4,6,8H,5,7H2,1-2H3. The van der Waals surface area contributed by atoms with Gasteiger partial charge in [-0.05, 0) is 29.9 Å². The average Bonchev–Trinajstić information content (AvgIpc) is 2.52. The highest BCUT2D eigenvalue weighted by Gasteiger charge is 2.60. The molecule has 1 aliphatic rings. The minimum Gasteiger partial charge on any atom is -0.472 e. The SMILES string of the molecule is CC1(C)CC1(C=O)Cc1ccoc1.